The minimum absolute atomic E-state index is 0.119. The number of halogens is 3. The Morgan fingerprint density at radius 2 is 1.66 bits per heavy atom. The highest BCUT2D eigenvalue weighted by Gasteiger charge is 2.40. The van der Waals surface area contributed by atoms with Crippen LogP contribution in [0.25, 0.3) is 11.0 Å². The van der Waals surface area contributed by atoms with Gasteiger partial charge < -0.3 is 19.9 Å². The van der Waals surface area contributed by atoms with E-state index in [1.807, 2.05) is 0 Å². The van der Waals surface area contributed by atoms with Gasteiger partial charge in [-0.25, -0.2) is 14.8 Å². The van der Waals surface area contributed by atoms with Crippen LogP contribution in [0.3, 0.4) is 0 Å². The largest absolute Gasteiger partial charge is 0.466 e. The van der Waals surface area contributed by atoms with Gasteiger partial charge in [-0.1, -0.05) is 31.4 Å². The van der Waals surface area contributed by atoms with E-state index in [0.29, 0.717) is 18.4 Å². The molecule has 1 aromatic carbocycles. The van der Waals surface area contributed by atoms with Crippen LogP contribution in [0.1, 0.15) is 51.1 Å². The van der Waals surface area contributed by atoms with Gasteiger partial charge in [-0.05, 0) is 31.9 Å². The van der Waals surface area contributed by atoms with Gasteiger partial charge in [0, 0.05) is 26.2 Å². The molecule has 2 amide bonds. The van der Waals surface area contributed by atoms with E-state index in [0.717, 1.165) is 19.3 Å². The SMILES string of the molecule is CCOC(=O)CC1(NC(=O)N2CCN(c3nc4ccccc4nc3C(F)(F)F)CC2)CCCCC1. The van der Waals surface area contributed by atoms with Crippen LogP contribution in [0.15, 0.2) is 24.3 Å². The fraction of sp³-hybridized carbons (Fsp3) is 0.583. The van der Waals surface area contributed by atoms with Gasteiger partial charge in [0.15, 0.2) is 11.5 Å². The number of hydrogen-bond acceptors (Lipinski definition) is 6. The normalized spacial score (nSPS) is 18.4. The minimum atomic E-state index is -4.65. The highest BCUT2D eigenvalue weighted by Crippen LogP contribution is 2.36. The number of benzene rings is 1. The Labute approximate surface area is 201 Å². The molecule has 1 N–H and O–H groups in total. The maximum atomic E-state index is 13.8. The fourth-order valence-corrected chi connectivity index (χ4v) is 4.89. The van der Waals surface area contributed by atoms with E-state index in [9.17, 15) is 22.8 Å². The number of nitrogens with one attached hydrogen (secondary N) is 1. The van der Waals surface area contributed by atoms with Crippen molar-refractivity contribution in [1.82, 2.24) is 20.2 Å². The quantitative estimate of drug-likeness (QED) is 0.630. The lowest BCUT2D eigenvalue weighted by Crippen LogP contribution is -2.58. The predicted octanol–water partition coefficient (Wildman–Crippen LogP) is 4.14. The Morgan fingerprint density at radius 1 is 1.03 bits per heavy atom. The lowest BCUT2D eigenvalue weighted by molar-refractivity contribution is -0.145. The first-order valence-electron chi connectivity index (χ1n) is 12.0. The van der Waals surface area contributed by atoms with E-state index >= 15 is 0 Å². The number of urea groups is 1. The molecule has 4 rings (SSSR count). The van der Waals surface area contributed by atoms with Crippen LogP contribution in [-0.2, 0) is 15.7 Å². The maximum absolute atomic E-state index is 13.8. The topological polar surface area (TPSA) is 87.7 Å². The molecule has 0 bridgehead atoms. The van der Waals surface area contributed by atoms with Crippen LogP contribution in [0.2, 0.25) is 0 Å². The number of anilines is 1. The number of fused-ring (bicyclic) bond motifs is 1. The number of esters is 1. The van der Waals surface area contributed by atoms with Crippen molar-refractivity contribution in [3.63, 3.8) is 0 Å². The smallest absolute Gasteiger partial charge is 0.437 e. The molecule has 0 radical (unpaired) electrons. The number of hydrogen-bond donors (Lipinski definition) is 1. The second-order valence-corrected chi connectivity index (χ2v) is 9.11. The Morgan fingerprint density at radius 3 is 2.26 bits per heavy atom. The van der Waals surface area contributed by atoms with Gasteiger partial charge in [0.2, 0.25) is 0 Å². The average Bonchev–Trinajstić information content (AvgIpc) is 2.83. The Bertz CT molecular complexity index is 1060. The van der Waals surface area contributed by atoms with E-state index in [1.54, 1.807) is 30.0 Å². The summed E-state index contributed by atoms with van der Waals surface area (Å²) in [7, 11) is 0. The van der Waals surface area contributed by atoms with Crippen LogP contribution >= 0.6 is 0 Å². The Hall–Kier alpha value is -3.11. The number of carbonyl (C=O) groups excluding carboxylic acids is 2. The first-order chi connectivity index (χ1) is 16.7. The molecule has 0 atom stereocenters. The summed E-state index contributed by atoms with van der Waals surface area (Å²) >= 11 is 0. The van der Waals surface area contributed by atoms with Crippen LogP contribution in [0.4, 0.5) is 23.8 Å². The standard InChI is InChI=1S/C24H30F3N5O3/c1-2-35-19(33)16-23(10-6-3-7-11-23)30-22(34)32-14-12-31(13-15-32)21-20(24(25,26)27)28-17-8-4-5-9-18(17)29-21/h4-5,8-9H,2-3,6-7,10-16H2,1H3,(H,30,34). The number of ether oxygens (including phenoxy) is 1. The summed E-state index contributed by atoms with van der Waals surface area (Å²) in [6.07, 6.45) is -0.274. The Kier molecular flexibility index (Phi) is 7.32. The molecule has 190 valence electrons. The summed E-state index contributed by atoms with van der Waals surface area (Å²) in [6.45, 7) is 2.86. The molecule has 1 aliphatic heterocycles. The number of alkyl halides is 3. The molecule has 1 aromatic heterocycles. The van der Waals surface area contributed by atoms with Crippen molar-refractivity contribution in [1.29, 1.82) is 0 Å². The zero-order valence-corrected chi connectivity index (χ0v) is 19.7. The number of para-hydroxylation sites is 2. The Balaban J connectivity index is 1.46. The molecule has 0 unspecified atom stereocenters. The zero-order valence-electron chi connectivity index (χ0n) is 19.7. The molecule has 2 heterocycles. The summed E-state index contributed by atoms with van der Waals surface area (Å²) in [5, 5.41) is 3.07. The summed E-state index contributed by atoms with van der Waals surface area (Å²) < 4.78 is 46.4. The summed E-state index contributed by atoms with van der Waals surface area (Å²) in [6, 6.07) is 6.14. The number of amides is 2. The van der Waals surface area contributed by atoms with Crippen molar-refractivity contribution in [2.45, 2.75) is 57.2 Å². The second-order valence-electron chi connectivity index (χ2n) is 9.11. The van der Waals surface area contributed by atoms with Crippen molar-refractivity contribution in [3.05, 3.63) is 30.0 Å². The molecular weight excluding hydrogens is 463 g/mol. The van der Waals surface area contributed by atoms with Gasteiger partial charge in [0.25, 0.3) is 0 Å². The molecule has 2 aliphatic rings. The number of aromatic nitrogens is 2. The van der Waals surface area contributed by atoms with E-state index in [2.05, 4.69) is 15.3 Å². The first kappa shape index (κ1) is 25.0. The van der Waals surface area contributed by atoms with E-state index < -0.39 is 17.4 Å². The predicted molar refractivity (Wildman–Crippen MR) is 124 cm³/mol. The third-order valence-electron chi connectivity index (χ3n) is 6.66. The third-order valence-corrected chi connectivity index (χ3v) is 6.66. The molecule has 2 aromatic rings. The molecule has 35 heavy (non-hydrogen) atoms. The van der Waals surface area contributed by atoms with Gasteiger partial charge in [0.1, 0.15) is 0 Å². The van der Waals surface area contributed by atoms with Crippen molar-refractivity contribution < 1.29 is 27.5 Å². The fourth-order valence-electron chi connectivity index (χ4n) is 4.89. The molecule has 1 saturated heterocycles. The highest BCUT2D eigenvalue weighted by molar-refractivity contribution is 5.79. The van der Waals surface area contributed by atoms with Crippen molar-refractivity contribution in [2.24, 2.45) is 0 Å². The monoisotopic (exact) mass is 493 g/mol. The van der Waals surface area contributed by atoms with E-state index in [-0.39, 0.29) is 62.5 Å². The van der Waals surface area contributed by atoms with Crippen molar-refractivity contribution in [3.8, 4) is 0 Å². The van der Waals surface area contributed by atoms with Gasteiger partial charge in [-0.15, -0.1) is 0 Å². The lowest BCUT2D eigenvalue weighted by atomic mass is 9.79. The van der Waals surface area contributed by atoms with Gasteiger partial charge in [-0.2, -0.15) is 13.2 Å². The second kappa shape index (κ2) is 10.2. The summed E-state index contributed by atoms with van der Waals surface area (Å²) in [5.74, 6) is -0.559. The maximum Gasteiger partial charge on any atom is 0.437 e. The number of nitrogens with zero attached hydrogens (tertiary/aromatic N) is 4. The molecule has 8 nitrogen and oxygen atoms in total. The third kappa shape index (κ3) is 5.76. The molecule has 11 heteroatoms. The lowest BCUT2D eigenvalue weighted by Gasteiger charge is -2.41. The number of piperazine rings is 1. The number of rotatable bonds is 5. The van der Waals surface area contributed by atoms with Gasteiger partial charge in [0.05, 0.1) is 29.6 Å². The first-order valence-corrected chi connectivity index (χ1v) is 12.0. The molecular formula is C24H30F3N5O3. The van der Waals surface area contributed by atoms with Crippen LogP contribution in [0.5, 0.6) is 0 Å². The van der Waals surface area contributed by atoms with Crippen LogP contribution in [-0.4, -0.2) is 65.2 Å². The van der Waals surface area contributed by atoms with Gasteiger partial charge >= 0.3 is 18.2 Å². The van der Waals surface area contributed by atoms with Crippen molar-refractivity contribution >= 4 is 28.9 Å². The highest BCUT2D eigenvalue weighted by atomic mass is 19.4. The van der Waals surface area contributed by atoms with E-state index in [1.165, 1.54) is 11.0 Å². The van der Waals surface area contributed by atoms with Crippen molar-refractivity contribution in [2.75, 3.05) is 37.7 Å². The summed E-state index contributed by atoms with van der Waals surface area (Å²) in [4.78, 5) is 36.5. The zero-order chi connectivity index (χ0) is 25.1. The van der Waals surface area contributed by atoms with E-state index in [4.69, 9.17) is 4.74 Å². The summed E-state index contributed by atoms with van der Waals surface area (Å²) in [5.41, 5.74) is -1.11. The minimum Gasteiger partial charge on any atom is -0.466 e. The molecule has 2 fully saturated rings. The molecule has 0 spiro atoms. The molecule has 1 aliphatic carbocycles. The molecule has 1 saturated carbocycles. The number of carbonyl (C=O) groups is 2. The van der Waals surface area contributed by atoms with Gasteiger partial charge in [-0.3, -0.25) is 4.79 Å². The van der Waals surface area contributed by atoms with Crippen LogP contribution in [0, 0.1) is 0 Å². The van der Waals surface area contributed by atoms with Crippen LogP contribution < -0.4 is 10.2 Å². The average molecular weight is 494 g/mol.